The fourth-order valence-electron chi connectivity index (χ4n) is 2.07. The average Bonchev–Trinajstić information content (AvgIpc) is 2.20. The zero-order chi connectivity index (χ0) is 11.8. The molecule has 0 spiro atoms. The van der Waals surface area contributed by atoms with E-state index in [1.807, 2.05) is 13.8 Å². The van der Waals surface area contributed by atoms with Crippen LogP contribution in [0, 0.1) is 11.6 Å². The van der Waals surface area contributed by atoms with E-state index in [4.69, 9.17) is 0 Å². The summed E-state index contributed by atoms with van der Waals surface area (Å²) in [6.07, 6.45) is 0. The van der Waals surface area contributed by atoms with Crippen molar-refractivity contribution in [1.82, 2.24) is 10.6 Å². The summed E-state index contributed by atoms with van der Waals surface area (Å²) in [5, 5.41) is 6.53. The molecule has 1 heterocycles. The Labute approximate surface area is 94.0 Å². The molecule has 0 aliphatic carbocycles. The van der Waals surface area contributed by atoms with E-state index in [9.17, 15) is 8.78 Å². The molecule has 1 aromatic rings. The molecular formula is C12H16F2N2. The quantitative estimate of drug-likeness (QED) is 0.765. The summed E-state index contributed by atoms with van der Waals surface area (Å²) in [5.41, 5.74) is 0.280. The van der Waals surface area contributed by atoms with E-state index in [0.717, 1.165) is 12.6 Å². The van der Waals surface area contributed by atoms with Gasteiger partial charge in [-0.1, -0.05) is 0 Å². The maximum absolute atomic E-state index is 13.6. The van der Waals surface area contributed by atoms with Crippen LogP contribution in [-0.4, -0.2) is 18.6 Å². The van der Waals surface area contributed by atoms with Crippen LogP contribution in [0.15, 0.2) is 18.2 Å². The predicted molar refractivity (Wildman–Crippen MR) is 59.2 cm³/mol. The Hall–Kier alpha value is -1.00. The van der Waals surface area contributed by atoms with Gasteiger partial charge < -0.3 is 10.6 Å². The van der Waals surface area contributed by atoms with Gasteiger partial charge in [-0.2, -0.15) is 0 Å². The van der Waals surface area contributed by atoms with Crippen LogP contribution in [-0.2, 0) is 0 Å². The lowest BCUT2D eigenvalue weighted by atomic mass is 9.96. The van der Waals surface area contributed by atoms with Gasteiger partial charge in [0, 0.05) is 30.2 Å². The van der Waals surface area contributed by atoms with E-state index >= 15 is 0 Å². The van der Waals surface area contributed by atoms with E-state index in [1.54, 1.807) is 0 Å². The Kier molecular flexibility index (Phi) is 2.95. The number of hydrogen-bond acceptors (Lipinski definition) is 2. The topological polar surface area (TPSA) is 24.1 Å². The summed E-state index contributed by atoms with van der Waals surface area (Å²) in [4.78, 5) is 0. The minimum absolute atomic E-state index is 0.109. The maximum Gasteiger partial charge on any atom is 0.128 e. The molecule has 4 heteroatoms. The van der Waals surface area contributed by atoms with E-state index in [2.05, 4.69) is 10.6 Å². The molecule has 2 N–H and O–H groups in total. The molecule has 1 aliphatic rings. The first-order chi connectivity index (χ1) is 7.48. The maximum atomic E-state index is 13.6. The van der Waals surface area contributed by atoms with Crippen molar-refractivity contribution in [3.63, 3.8) is 0 Å². The second-order valence-corrected chi connectivity index (χ2v) is 4.88. The fourth-order valence-corrected chi connectivity index (χ4v) is 2.07. The Morgan fingerprint density at radius 1 is 1.31 bits per heavy atom. The first-order valence-corrected chi connectivity index (χ1v) is 5.41. The van der Waals surface area contributed by atoms with E-state index < -0.39 is 5.82 Å². The molecular weight excluding hydrogens is 210 g/mol. The average molecular weight is 226 g/mol. The molecule has 88 valence electrons. The molecule has 2 rings (SSSR count). The zero-order valence-electron chi connectivity index (χ0n) is 9.48. The molecule has 0 radical (unpaired) electrons. The number of hydrogen-bond donors (Lipinski definition) is 2. The van der Waals surface area contributed by atoms with Gasteiger partial charge in [0.1, 0.15) is 11.6 Å². The summed E-state index contributed by atoms with van der Waals surface area (Å²) >= 11 is 0. The van der Waals surface area contributed by atoms with Gasteiger partial charge in [0.2, 0.25) is 0 Å². The van der Waals surface area contributed by atoms with Crippen LogP contribution >= 0.6 is 0 Å². The molecule has 0 saturated carbocycles. The normalized spacial score (nSPS) is 24.4. The van der Waals surface area contributed by atoms with E-state index in [1.165, 1.54) is 12.1 Å². The molecule has 1 unspecified atom stereocenters. The third-order valence-electron chi connectivity index (χ3n) is 2.81. The van der Waals surface area contributed by atoms with Crippen LogP contribution in [0.25, 0.3) is 0 Å². The largest absolute Gasteiger partial charge is 0.313 e. The van der Waals surface area contributed by atoms with Gasteiger partial charge in [0.25, 0.3) is 0 Å². The summed E-state index contributed by atoms with van der Waals surface area (Å²) in [6, 6.07) is 3.39. The molecule has 1 saturated heterocycles. The summed E-state index contributed by atoms with van der Waals surface area (Å²) < 4.78 is 26.7. The summed E-state index contributed by atoms with van der Waals surface area (Å²) in [7, 11) is 0. The minimum atomic E-state index is -0.401. The Bertz CT molecular complexity index is 391. The van der Waals surface area contributed by atoms with Crippen LogP contribution in [0.1, 0.15) is 25.5 Å². The van der Waals surface area contributed by atoms with E-state index in [-0.39, 0.29) is 17.4 Å². The highest BCUT2D eigenvalue weighted by Crippen LogP contribution is 2.22. The minimum Gasteiger partial charge on any atom is -0.313 e. The molecule has 16 heavy (non-hydrogen) atoms. The van der Waals surface area contributed by atoms with Crippen LogP contribution in [0.2, 0.25) is 0 Å². The summed E-state index contributed by atoms with van der Waals surface area (Å²) in [6.45, 7) is 5.50. The monoisotopic (exact) mass is 226 g/mol. The lowest BCUT2D eigenvalue weighted by Gasteiger charge is -2.38. The van der Waals surface area contributed by atoms with Crippen LogP contribution < -0.4 is 10.6 Å². The Balaban J connectivity index is 2.26. The highest BCUT2D eigenvalue weighted by Gasteiger charge is 2.29. The van der Waals surface area contributed by atoms with Gasteiger partial charge in [0.15, 0.2) is 0 Å². The highest BCUT2D eigenvalue weighted by atomic mass is 19.1. The number of halogens is 2. The zero-order valence-corrected chi connectivity index (χ0v) is 9.48. The van der Waals surface area contributed by atoms with Gasteiger partial charge in [-0.25, -0.2) is 8.78 Å². The molecule has 2 nitrogen and oxygen atoms in total. The molecule has 0 aromatic heterocycles. The number of piperazine rings is 1. The molecule has 1 fully saturated rings. The Morgan fingerprint density at radius 2 is 2.06 bits per heavy atom. The highest BCUT2D eigenvalue weighted by molar-refractivity contribution is 5.24. The van der Waals surface area contributed by atoms with Crippen molar-refractivity contribution in [3.8, 4) is 0 Å². The number of benzene rings is 1. The molecule has 1 atom stereocenters. The fraction of sp³-hybridized carbons (Fsp3) is 0.500. The van der Waals surface area contributed by atoms with Crippen LogP contribution in [0.4, 0.5) is 8.78 Å². The van der Waals surface area contributed by atoms with Crippen molar-refractivity contribution in [2.75, 3.05) is 13.1 Å². The first kappa shape index (κ1) is 11.5. The van der Waals surface area contributed by atoms with Gasteiger partial charge in [-0.3, -0.25) is 0 Å². The van der Waals surface area contributed by atoms with Gasteiger partial charge in [-0.05, 0) is 32.0 Å². The standard InChI is InChI=1S/C12H16F2N2/c1-12(2)7-15-6-11(16-12)9-5-8(13)3-4-10(9)14/h3-5,11,15-16H,6-7H2,1-2H3. The Morgan fingerprint density at radius 3 is 2.75 bits per heavy atom. The van der Waals surface area contributed by atoms with Crippen molar-refractivity contribution in [3.05, 3.63) is 35.4 Å². The van der Waals surface area contributed by atoms with Gasteiger partial charge in [-0.15, -0.1) is 0 Å². The van der Waals surface area contributed by atoms with Crippen molar-refractivity contribution < 1.29 is 8.78 Å². The number of rotatable bonds is 1. The predicted octanol–water partition coefficient (Wildman–Crippen LogP) is 1.98. The third-order valence-corrected chi connectivity index (χ3v) is 2.81. The van der Waals surface area contributed by atoms with Crippen molar-refractivity contribution in [2.45, 2.75) is 25.4 Å². The van der Waals surface area contributed by atoms with Gasteiger partial charge in [0.05, 0.1) is 0 Å². The smallest absolute Gasteiger partial charge is 0.128 e. The lowest BCUT2D eigenvalue weighted by Crippen LogP contribution is -2.56. The van der Waals surface area contributed by atoms with Crippen LogP contribution in [0.5, 0.6) is 0 Å². The molecule has 0 bridgehead atoms. The SMILES string of the molecule is CC1(C)CNCC(c2cc(F)ccc2F)N1. The van der Waals surface area contributed by atoms with Crippen molar-refractivity contribution in [2.24, 2.45) is 0 Å². The summed E-state index contributed by atoms with van der Waals surface area (Å²) in [5.74, 6) is -0.764. The second-order valence-electron chi connectivity index (χ2n) is 4.88. The number of nitrogens with one attached hydrogen (secondary N) is 2. The second kappa shape index (κ2) is 4.11. The molecule has 1 aliphatic heterocycles. The molecule has 1 aromatic carbocycles. The lowest BCUT2D eigenvalue weighted by molar-refractivity contribution is 0.260. The van der Waals surface area contributed by atoms with Crippen molar-refractivity contribution >= 4 is 0 Å². The van der Waals surface area contributed by atoms with Crippen LogP contribution in [0.3, 0.4) is 0 Å². The van der Waals surface area contributed by atoms with Gasteiger partial charge >= 0.3 is 0 Å². The first-order valence-electron chi connectivity index (χ1n) is 5.41. The van der Waals surface area contributed by atoms with Crippen molar-refractivity contribution in [1.29, 1.82) is 0 Å². The third kappa shape index (κ3) is 2.39. The van der Waals surface area contributed by atoms with E-state index in [0.29, 0.717) is 12.1 Å². The molecule has 0 amide bonds.